The highest BCUT2D eigenvalue weighted by atomic mass is 79.9. The maximum Gasteiger partial charge on any atom is 0.261 e. The number of amides is 2. The monoisotopic (exact) mass is 510 g/mol. The maximum atomic E-state index is 13.3. The Hall–Kier alpha value is -2.86. The zero-order valence-electron chi connectivity index (χ0n) is 19.2. The molecule has 33 heavy (non-hydrogen) atoms. The number of carbonyl (C=O) groups is 2. The summed E-state index contributed by atoms with van der Waals surface area (Å²) in [5, 5.41) is 5.08. The molecule has 2 amide bonds. The van der Waals surface area contributed by atoms with Crippen LogP contribution in [0.15, 0.2) is 71.2 Å². The smallest absolute Gasteiger partial charge is 0.261 e. The summed E-state index contributed by atoms with van der Waals surface area (Å²) in [7, 11) is 0. The van der Waals surface area contributed by atoms with Gasteiger partial charge in [0.15, 0.2) is 6.61 Å². The molecular formula is C27H31BrN2O3. The minimum Gasteiger partial charge on any atom is -0.483 e. The summed E-state index contributed by atoms with van der Waals surface area (Å²) in [5.41, 5.74) is 0.970. The van der Waals surface area contributed by atoms with Crippen LogP contribution in [-0.4, -0.2) is 35.9 Å². The molecule has 3 aromatic rings. The van der Waals surface area contributed by atoms with E-state index in [1.807, 2.05) is 73.7 Å². The fraction of sp³-hybridized carbons (Fsp3) is 0.333. The van der Waals surface area contributed by atoms with Crippen molar-refractivity contribution >= 4 is 38.5 Å². The molecule has 6 heteroatoms. The van der Waals surface area contributed by atoms with Gasteiger partial charge in [0.2, 0.25) is 5.91 Å². The first kappa shape index (κ1) is 24.8. The number of rotatable bonds is 11. The number of unbranched alkanes of at least 4 members (excludes halogenated alkanes) is 1. The third-order valence-electron chi connectivity index (χ3n) is 5.59. The lowest BCUT2D eigenvalue weighted by atomic mass is 10.1. The molecule has 5 nitrogen and oxygen atoms in total. The molecule has 0 spiro atoms. The van der Waals surface area contributed by atoms with Gasteiger partial charge in [0.25, 0.3) is 5.91 Å². The minimum atomic E-state index is -0.557. The summed E-state index contributed by atoms with van der Waals surface area (Å²) in [4.78, 5) is 27.9. The van der Waals surface area contributed by atoms with Gasteiger partial charge in [-0.25, -0.2) is 0 Å². The molecule has 0 saturated carbocycles. The summed E-state index contributed by atoms with van der Waals surface area (Å²) < 4.78 is 6.74. The largest absolute Gasteiger partial charge is 0.483 e. The van der Waals surface area contributed by atoms with Crippen molar-refractivity contribution in [3.8, 4) is 5.75 Å². The standard InChI is InChI=1S/C27H31BrN2O3/c1-3-5-17-29-27(32)23(4-2)30(18-20-11-7-6-8-12-20)25(31)19-33-24-16-15-21-13-9-10-14-22(21)26(24)28/h6-16,23H,3-5,17-19H2,1-2H3,(H,29,32)/t23-/m1/s1. The molecule has 1 N–H and O–H groups in total. The molecule has 0 aliphatic rings. The van der Waals surface area contributed by atoms with Gasteiger partial charge in [-0.2, -0.15) is 0 Å². The molecule has 0 unspecified atom stereocenters. The van der Waals surface area contributed by atoms with E-state index in [0.717, 1.165) is 33.7 Å². The van der Waals surface area contributed by atoms with E-state index >= 15 is 0 Å². The molecule has 0 aliphatic heterocycles. The van der Waals surface area contributed by atoms with Crippen molar-refractivity contribution in [3.05, 3.63) is 76.8 Å². The van der Waals surface area contributed by atoms with Crippen molar-refractivity contribution in [2.24, 2.45) is 0 Å². The zero-order chi connectivity index (χ0) is 23.6. The van der Waals surface area contributed by atoms with Crippen LogP contribution in [0.3, 0.4) is 0 Å². The molecule has 3 aromatic carbocycles. The highest BCUT2D eigenvalue weighted by Crippen LogP contribution is 2.33. The Morgan fingerprint density at radius 1 is 1.00 bits per heavy atom. The first-order valence-electron chi connectivity index (χ1n) is 11.5. The predicted molar refractivity (Wildman–Crippen MR) is 136 cm³/mol. The van der Waals surface area contributed by atoms with E-state index in [2.05, 4.69) is 28.2 Å². The van der Waals surface area contributed by atoms with Gasteiger partial charge in [-0.3, -0.25) is 9.59 Å². The van der Waals surface area contributed by atoms with E-state index in [1.165, 1.54) is 0 Å². The van der Waals surface area contributed by atoms with Gasteiger partial charge in [-0.1, -0.05) is 80.9 Å². The van der Waals surface area contributed by atoms with E-state index in [-0.39, 0.29) is 18.4 Å². The molecule has 0 bridgehead atoms. The fourth-order valence-electron chi connectivity index (χ4n) is 3.75. The Balaban J connectivity index is 1.78. The summed E-state index contributed by atoms with van der Waals surface area (Å²) in [6.45, 7) is 4.82. The average molecular weight is 511 g/mol. The first-order chi connectivity index (χ1) is 16.0. The predicted octanol–water partition coefficient (Wildman–Crippen LogP) is 5.70. The third kappa shape index (κ3) is 6.57. The molecule has 0 aromatic heterocycles. The van der Waals surface area contributed by atoms with E-state index < -0.39 is 6.04 Å². The molecule has 0 radical (unpaired) electrons. The molecular weight excluding hydrogens is 480 g/mol. The number of nitrogens with zero attached hydrogens (tertiary/aromatic N) is 1. The maximum absolute atomic E-state index is 13.3. The van der Waals surface area contributed by atoms with Crippen molar-refractivity contribution in [2.75, 3.05) is 13.2 Å². The zero-order valence-corrected chi connectivity index (χ0v) is 20.8. The summed E-state index contributed by atoms with van der Waals surface area (Å²) in [6, 6.07) is 21.0. The lowest BCUT2D eigenvalue weighted by molar-refractivity contribution is -0.143. The first-order valence-corrected chi connectivity index (χ1v) is 12.3. The van der Waals surface area contributed by atoms with Gasteiger partial charge >= 0.3 is 0 Å². The topological polar surface area (TPSA) is 58.6 Å². The van der Waals surface area contributed by atoms with Crippen LogP contribution in [-0.2, 0) is 16.1 Å². The lowest BCUT2D eigenvalue weighted by Crippen LogP contribution is -2.50. The molecule has 0 aliphatic carbocycles. The number of hydrogen-bond acceptors (Lipinski definition) is 3. The quantitative estimate of drug-likeness (QED) is 0.336. The summed E-state index contributed by atoms with van der Waals surface area (Å²) in [5.74, 6) is 0.251. The third-order valence-corrected chi connectivity index (χ3v) is 6.41. The van der Waals surface area contributed by atoms with Gasteiger partial charge in [0.1, 0.15) is 11.8 Å². The van der Waals surface area contributed by atoms with E-state index in [4.69, 9.17) is 4.74 Å². The van der Waals surface area contributed by atoms with Crippen molar-refractivity contribution in [3.63, 3.8) is 0 Å². The second-order valence-corrected chi connectivity index (χ2v) is 8.76. The second kappa shape index (κ2) is 12.4. The molecule has 174 valence electrons. The average Bonchev–Trinajstić information content (AvgIpc) is 2.84. The molecule has 0 fully saturated rings. The Bertz CT molecular complexity index is 1070. The number of fused-ring (bicyclic) bond motifs is 1. The van der Waals surface area contributed by atoms with Crippen molar-refractivity contribution < 1.29 is 14.3 Å². The van der Waals surface area contributed by atoms with Gasteiger partial charge in [-0.05, 0) is 51.2 Å². The molecule has 0 saturated heterocycles. The van der Waals surface area contributed by atoms with Gasteiger partial charge in [-0.15, -0.1) is 0 Å². The molecule has 1 atom stereocenters. The summed E-state index contributed by atoms with van der Waals surface area (Å²) >= 11 is 3.61. The normalized spacial score (nSPS) is 11.7. The van der Waals surface area contributed by atoms with E-state index in [9.17, 15) is 9.59 Å². The lowest BCUT2D eigenvalue weighted by Gasteiger charge is -2.30. The van der Waals surface area contributed by atoms with Crippen molar-refractivity contribution in [2.45, 2.75) is 45.7 Å². The Morgan fingerprint density at radius 3 is 2.45 bits per heavy atom. The van der Waals surface area contributed by atoms with Crippen LogP contribution < -0.4 is 10.1 Å². The van der Waals surface area contributed by atoms with Crippen LogP contribution in [0.5, 0.6) is 5.75 Å². The highest BCUT2D eigenvalue weighted by Gasteiger charge is 2.29. The van der Waals surface area contributed by atoms with Crippen LogP contribution in [0.4, 0.5) is 0 Å². The SMILES string of the molecule is CCCCNC(=O)[C@@H](CC)N(Cc1ccccc1)C(=O)COc1ccc2ccccc2c1Br. The van der Waals surface area contributed by atoms with Crippen molar-refractivity contribution in [1.82, 2.24) is 10.2 Å². The molecule has 0 heterocycles. The van der Waals surface area contributed by atoms with Crippen molar-refractivity contribution in [1.29, 1.82) is 0 Å². The number of hydrogen-bond donors (Lipinski definition) is 1. The fourth-order valence-corrected chi connectivity index (χ4v) is 4.36. The summed E-state index contributed by atoms with van der Waals surface area (Å²) in [6.07, 6.45) is 2.43. The van der Waals surface area contributed by atoms with Gasteiger partial charge < -0.3 is 15.0 Å². The van der Waals surface area contributed by atoms with Gasteiger partial charge in [0.05, 0.1) is 4.47 Å². The number of benzene rings is 3. The van der Waals surface area contributed by atoms with Gasteiger partial charge in [0, 0.05) is 13.1 Å². The molecule has 3 rings (SSSR count). The van der Waals surface area contributed by atoms with Crippen LogP contribution in [0.2, 0.25) is 0 Å². The Kier molecular flexibility index (Phi) is 9.31. The van der Waals surface area contributed by atoms with Crippen LogP contribution in [0.25, 0.3) is 10.8 Å². The Morgan fingerprint density at radius 2 is 1.73 bits per heavy atom. The number of ether oxygens (including phenoxy) is 1. The number of halogens is 1. The van der Waals surface area contributed by atoms with Crippen LogP contribution in [0.1, 0.15) is 38.7 Å². The Labute approximate surface area is 204 Å². The minimum absolute atomic E-state index is 0.123. The van der Waals surface area contributed by atoms with Crippen LogP contribution >= 0.6 is 15.9 Å². The highest BCUT2D eigenvalue weighted by molar-refractivity contribution is 9.10. The van der Waals surface area contributed by atoms with Crippen LogP contribution in [0, 0.1) is 0 Å². The number of nitrogens with one attached hydrogen (secondary N) is 1. The number of carbonyl (C=O) groups excluding carboxylic acids is 2. The second-order valence-electron chi connectivity index (χ2n) is 7.96. The van der Waals surface area contributed by atoms with E-state index in [1.54, 1.807) is 4.90 Å². The van der Waals surface area contributed by atoms with E-state index in [0.29, 0.717) is 25.3 Å².